The van der Waals surface area contributed by atoms with Crippen LogP contribution < -0.4 is 15.4 Å². The van der Waals surface area contributed by atoms with Crippen LogP contribution in [0, 0.1) is 0 Å². The molecular formula is C12H18N2O2. The van der Waals surface area contributed by atoms with E-state index in [1.165, 1.54) is 0 Å². The first kappa shape index (κ1) is 11.1. The number of ether oxygens (including phenoxy) is 1. The molecule has 16 heavy (non-hydrogen) atoms. The van der Waals surface area contributed by atoms with E-state index in [2.05, 4.69) is 4.90 Å². The number of benzene rings is 1. The lowest BCUT2D eigenvalue weighted by Crippen LogP contribution is -2.36. The lowest BCUT2D eigenvalue weighted by atomic mass is 10.1. The molecule has 1 fully saturated rings. The number of methoxy groups -OCH3 is 1. The van der Waals surface area contributed by atoms with E-state index in [9.17, 15) is 5.11 Å². The first-order valence-corrected chi connectivity index (χ1v) is 5.57. The van der Waals surface area contributed by atoms with Gasteiger partial charge in [-0.25, -0.2) is 0 Å². The summed E-state index contributed by atoms with van der Waals surface area (Å²) in [6.45, 7) is 1.72. The molecule has 0 aliphatic carbocycles. The average molecular weight is 222 g/mol. The van der Waals surface area contributed by atoms with Crippen molar-refractivity contribution in [3.05, 3.63) is 18.2 Å². The van der Waals surface area contributed by atoms with E-state index in [1.807, 2.05) is 18.2 Å². The molecule has 0 atom stereocenters. The third-order valence-corrected chi connectivity index (χ3v) is 3.04. The molecule has 0 amide bonds. The van der Waals surface area contributed by atoms with Gasteiger partial charge in [-0.2, -0.15) is 0 Å². The summed E-state index contributed by atoms with van der Waals surface area (Å²) >= 11 is 0. The zero-order chi connectivity index (χ0) is 11.5. The fraction of sp³-hybridized carbons (Fsp3) is 0.500. The minimum absolute atomic E-state index is 0.157. The Labute approximate surface area is 95.6 Å². The maximum absolute atomic E-state index is 9.45. The van der Waals surface area contributed by atoms with E-state index in [1.54, 1.807) is 7.11 Å². The predicted molar refractivity (Wildman–Crippen MR) is 64.9 cm³/mol. The number of hydrogen-bond donors (Lipinski definition) is 2. The Morgan fingerprint density at radius 3 is 2.62 bits per heavy atom. The second-order valence-electron chi connectivity index (χ2n) is 4.14. The molecule has 1 saturated heterocycles. The number of anilines is 2. The molecule has 0 saturated carbocycles. The van der Waals surface area contributed by atoms with Crippen molar-refractivity contribution >= 4 is 11.4 Å². The van der Waals surface area contributed by atoms with Gasteiger partial charge in [0.1, 0.15) is 5.75 Å². The Kier molecular flexibility index (Phi) is 3.19. The molecule has 0 radical (unpaired) electrons. The number of nitrogens with zero attached hydrogens (tertiary/aromatic N) is 1. The maximum Gasteiger partial charge on any atom is 0.121 e. The third kappa shape index (κ3) is 2.22. The van der Waals surface area contributed by atoms with Crippen molar-refractivity contribution in [2.45, 2.75) is 18.9 Å². The van der Waals surface area contributed by atoms with Crippen LogP contribution in [0.1, 0.15) is 12.8 Å². The summed E-state index contributed by atoms with van der Waals surface area (Å²) in [6, 6.07) is 5.73. The standard InChI is InChI=1S/C12H18N2O2/c1-16-10-2-3-12(11(13)8-10)14-6-4-9(15)5-7-14/h2-3,8-9,15H,4-7,13H2,1H3. The van der Waals surface area contributed by atoms with Gasteiger partial charge < -0.3 is 20.5 Å². The maximum atomic E-state index is 9.45. The van der Waals surface area contributed by atoms with Crippen molar-refractivity contribution in [3.8, 4) is 5.75 Å². The van der Waals surface area contributed by atoms with Crippen LogP contribution in [0.4, 0.5) is 11.4 Å². The number of aliphatic hydroxyl groups is 1. The monoisotopic (exact) mass is 222 g/mol. The Balaban J connectivity index is 2.14. The number of piperidine rings is 1. The van der Waals surface area contributed by atoms with Gasteiger partial charge in [-0.3, -0.25) is 0 Å². The summed E-state index contributed by atoms with van der Waals surface area (Å²) in [7, 11) is 1.63. The largest absolute Gasteiger partial charge is 0.497 e. The SMILES string of the molecule is COc1ccc(N2CCC(O)CC2)c(N)c1. The van der Waals surface area contributed by atoms with Gasteiger partial charge in [0.25, 0.3) is 0 Å². The quantitative estimate of drug-likeness (QED) is 0.739. The summed E-state index contributed by atoms with van der Waals surface area (Å²) in [6.07, 6.45) is 1.47. The Hall–Kier alpha value is -1.42. The Morgan fingerprint density at radius 1 is 1.38 bits per heavy atom. The molecule has 1 aliphatic heterocycles. The van der Waals surface area contributed by atoms with Crippen molar-refractivity contribution in [1.82, 2.24) is 0 Å². The molecule has 1 aliphatic rings. The highest BCUT2D eigenvalue weighted by atomic mass is 16.5. The number of aliphatic hydroxyl groups excluding tert-OH is 1. The summed E-state index contributed by atoms with van der Waals surface area (Å²) in [5.74, 6) is 0.776. The van der Waals surface area contributed by atoms with Crippen LogP contribution >= 0.6 is 0 Å². The Bertz CT molecular complexity index is 360. The molecule has 0 bridgehead atoms. The van der Waals surface area contributed by atoms with Crippen LogP contribution in [0.2, 0.25) is 0 Å². The first-order chi connectivity index (χ1) is 7.70. The lowest BCUT2D eigenvalue weighted by molar-refractivity contribution is 0.145. The van der Waals surface area contributed by atoms with Gasteiger partial charge in [-0.1, -0.05) is 0 Å². The fourth-order valence-electron chi connectivity index (χ4n) is 2.05. The minimum atomic E-state index is -0.157. The number of nitrogen functional groups attached to an aromatic ring is 1. The van der Waals surface area contributed by atoms with Crippen LogP contribution in [0.15, 0.2) is 18.2 Å². The fourth-order valence-corrected chi connectivity index (χ4v) is 2.05. The van der Waals surface area contributed by atoms with E-state index in [4.69, 9.17) is 10.5 Å². The number of hydrogen-bond acceptors (Lipinski definition) is 4. The second kappa shape index (κ2) is 4.61. The van der Waals surface area contributed by atoms with E-state index >= 15 is 0 Å². The summed E-state index contributed by atoms with van der Waals surface area (Å²) in [5, 5.41) is 9.45. The average Bonchev–Trinajstić information content (AvgIpc) is 2.30. The first-order valence-electron chi connectivity index (χ1n) is 5.57. The van der Waals surface area contributed by atoms with E-state index in [0.717, 1.165) is 43.1 Å². The lowest BCUT2D eigenvalue weighted by Gasteiger charge is -2.32. The van der Waals surface area contributed by atoms with Crippen molar-refractivity contribution in [1.29, 1.82) is 0 Å². The summed E-state index contributed by atoms with van der Waals surface area (Å²) in [4.78, 5) is 2.21. The van der Waals surface area contributed by atoms with Crippen LogP contribution in [0.3, 0.4) is 0 Å². The van der Waals surface area contributed by atoms with E-state index in [0.29, 0.717) is 0 Å². The van der Waals surface area contributed by atoms with Crippen LogP contribution in [-0.2, 0) is 0 Å². The minimum Gasteiger partial charge on any atom is -0.497 e. The molecule has 4 heteroatoms. The van der Waals surface area contributed by atoms with Gasteiger partial charge >= 0.3 is 0 Å². The van der Waals surface area contributed by atoms with Crippen LogP contribution in [-0.4, -0.2) is 31.4 Å². The Morgan fingerprint density at radius 2 is 2.06 bits per heavy atom. The van der Waals surface area contributed by atoms with E-state index in [-0.39, 0.29) is 6.10 Å². The molecule has 1 aromatic carbocycles. The van der Waals surface area contributed by atoms with Crippen molar-refractivity contribution < 1.29 is 9.84 Å². The zero-order valence-corrected chi connectivity index (χ0v) is 9.52. The number of rotatable bonds is 2. The third-order valence-electron chi connectivity index (χ3n) is 3.04. The summed E-state index contributed by atoms with van der Waals surface area (Å²) in [5.41, 5.74) is 7.75. The van der Waals surface area contributed by atoms with Crippen molar-refractivity contribution in [2.24, 2.45) is 0 Å². The molecular weight excluding hydrogens is 204 g/mol. The topological polar surface area (TPSA) is 58.7 Å². The van der Waals surface area contributed by atoms with Gasteiger partial charge in [0.2, 0.25) is 0 Å². The molecule has 3 N–H and O–H groups in total. The highest BCUT2D eigenvalue weighted by Crippen LogP contribution is 2.29. The smallest absolute Gasteiger partial charge is 0.121 e. The van der Waals surface area contributed by atoms with Gasteiger partial charge in [-0.15, -0.1) is 0 Å². The molecule has 2 rings (SSSR count). The predicted octanol–water partition coefficient (Wildman–Crippen LogP) is 1.24. The molecule has 1 heterocycles. The van der Waals surface area contributed by atoms with Crippen molar-refractivity contribution in [2.75, 3.05) is 30.8 Å². The molecule has 0 unspecified atom stereocenters. The molecule has 88 valence electrons. The van der Waals surface area contributed by atoms with Gasteiger partial charge in [0.15, 0.2) is 0 Å². The van der Waals surface area contributed by atoms with Gasteiger partial charge in [0, 0.05) is 19.2 Å². The van der Waals surface area contributed by atoms with Gasteiger partial charge in [-0.05, 0) is 25.0 Å². The van der Waals surface area contributed by atoms with E-state index < -0.39 is 0 Å². The highest BCUT2D eigenvalue weighted by Gasteiger charge is 2.18. The number of nitrogens with two attached hydrogens (primary N) is 1. The molecule has 0 spiro atoms. The normalized spacial score (nSPS) is 17.5. The second-order valence-corrected chi connectivity index (χ2v) is 4.14. The van der Waals surface area contributed by atoms with Gasteiger partial charge in [0.05, 0.1) is 24.6 Å². The molecule has 4 nitrogen and oxygen atoms in total. The zero-order valence-electron chi connectivity index (χ0n) is 9.52. The summed E-state index contributed by atoms with van der Waals surface area (Å²) < 4.78 is 5.12. The van der Waals surface area contributed by atoms with Crippen LogP contribution in [0.25, 0.3) is 0 Å². The van der Waals surface area contributed by atoms with Crippen LogP contribution in [0.5, 0.6) is 5.75 Å². The molecule has 1 aromatic rings. The highest BCUT2D eigenvalue weighted by molar-refractivity contribution is 5.69. The molecule has 0 aromatic heterocycles. The van der Waals surface area contributed by atoms with Crippen molar-refractivity contribution in [3.63, 3.8) is 0 Å².